The normalized spacial score (nSPS) is 15.8. The van der Waals surface area contributed by atoms with E-state index in [0.717, 1.165) is 11.6 Å². The van der Waals surface area contributed by atoms with Gasteiger partial charge in [-0.15, -0.1) is 0 Å². The molecule has 0 fully saturated rings. The Morgan fingerprint density at radius 1 is 0.805 bits per heavy atom. The maximum Gasteiger partial charge on any atom is 0.251 e. The van der Waals surface area contributed by atoms with Crippen molar-refractivity contribution >= 4 is 11.8 Å². The molecule has 41 heavy (non-hydrogen) atoms. The molecule has 1 heterocycles. The highest BCUT2D eigenvalue weighted by atomic mass is 19.1. The van der Waals surface area contributed by atoms with Crippen LogP contribution in [0.3, 0.4) is 0 Å². The lowest BCUT2D eigenvalue weighted by molar-refractivity contribution is -0.123. The quantitative estimate of drug-likeness (QED) is 0.263. The van der Waals surface area contributed by atoms with Crippen molar-refractivity contribution in [1.82, 2.24) is 10.6 Å². The Morgan fingerprint density at radius 3 is 2.12 bits per heavy atom. The van der Waals surface area contributed by atoms with E-state index in [1.165, 1.54) is 24.3 Å². The fourth-order valence-corrected chi connectivity index (χ4v) is 5.06. The van der Waals surface area contributed by atoms with Crippen molar-refractivity contribution in [3.05, 3.63) is 113 Å². The van der Waals surface area contributed by atoms with Gasteiger partial charge < -0.3 is 15.4 Å². The SMILES string of the molecule is CNC(=O)C1c2cc(-c3ccc(-c4cc(F)cc(F)c4)c(C(=O)NCC(C)C)c3)ccc2OC1c1ccc(F)cc1. The van der Waals surface area contributed by atoms with Gasteiger partial charge in [-0.25, -0.2) is 13.2 Å². The fraction of sp³-hybridized carbons (Fsp3) is 0.212. The number of hydrogen-bond acceptors (Lipinski definition) is 3. The first-order valence-electron chi connectivity index (χ1n) is 13.3. The van der Waals surface area contributed by atoms with Crippen LogP contribution in [0.25, 0.3) is 22.3 Å². The molecular formula is C33H29F3N2O3. The highest BCUT2D eigenvalue weighted by Gasteiger charge is 2.40. The molecule has 0 aromatic heterocycles. The Morgan fingerprint density at radius 2 is 1.46 bits per heavy atom. The van der Waals surface area contributed by atoms with Crippen molar-refractivity contribution < 1.29 is 27.5 Å². The second kappa shape index (κ2) is 11.5. The van der Waals surface area contributed by atoms with E-state index in [1.54, 1.807) is 43.4 Å². The molecule has 2 unspecified atom stereocenters. The highest BCUT2D eigenvalue weighted by molar-refractivity contribution is 6.02. The third-order valence-corrected chi connectivity index (χ3v) is 7.07. The maximum atomic E-state index is 14.1. The van der Waals surface area contributed by atoms with Gasteiger partial charge >= 0.3 is 0 Å². The number of carbonyl (C=O) groups is 2. The summed E-state index contributed by atoms with van der Waals surface area (Å²) < 4.78 is 47.9. The van der Waals surface area contributed by atoms with Gasteiger partial charge in [-0.3, -0.25) is 9.59 Å². The van der Waals surface area contributed by atoms with Crippen molar-refractivity contribution in [3.8, 4) is 28.0 Å². The lowest BCUT2D eigenvalue weighted by atomic mass is 9.88. The Kier molecular flexibility index (Phi) is 7.83. The molecule has 0 spiro atoms. The summed E-state index contributed by atoms with van der Waals surface area (Å²) >= 11 is 0. The Labute approximate surface area is 236 Å². The van der Waals surface area contributed by atoms with E-state index < -0.39 is 23.7 Å². The van der Waals surface area contributed by atoms with E-state index in [1.807, 2.05) is 26.0 Å². The lowest BCUT2D eigenvalue weighted by Crippen LogP contribution is -2.28. The largest absolute Gasteiger partial charge is 0.484 e. The van der Waals surface area contributed by atoms with Gasteiger partial charge in [0.2, 0.25) is 5.91 Å². The van der Waals surface area contributed by atoms with Crippen molar-refractivity contribution in [2.24, 2.45) is 5.92 Å². The molecule has 2 amide bonds. The molecule has 5 nitrogen and oxygen atoms in total. The minimum Gasteiger partial charge on any atom is -0.484 e. The first-order chi connectivity index (χ1) is 19.6. The summed E-state index contributed by atoms with van der Waals surface area (Å²) in [6, 6.07) is 19.5. The number of ether oxygens (including phenoxy) is 1. The van der Waals surface area contributed by atoms with Gasteiger partial charge in [0.05, 0.1) is 0 Å². The van der Waals surface area contributed by atoms with Crippen molar-refractivity contribution in [2.75, 3.05) is 13.6 Å². The van der Waals surface area contributed by atoms with E-state index in [4.69, 9.17) is 4.74 Å². The van der Waals surface area contributed by atoms with Crippen LogP contribution >= 0.6 is 0 Å². The highest BCUT2D eigenvalue weighted by Crippen LogP contribution is 2.47. The predicted octanol–water partition coefficient (Wildman–Crippen LogP) is 6.79. The van der Waals surface area contributed by atoms with Crippen LogP contribution in [0.1, 0.15) is 47.4 Å². The van der Waals surface area contributed by atoms with E-state index in [9.17, 15) is 22.8 Å². The van der Waals surface area contributed by atoms with E-state index in [2.05, 4.69) is 10.6 Å². The van der Waals surface area contributed by atoms with Crippen LogP contribution in [-0.2, 0) is 4.79 Å². The summed E-state index contributed by atoms with van der Waals surface area (Å²) in [4.78, 5) is 26.3. The van der Waals surface area contributed by atoms with Crippen LogP contribution in [0.2, 0.25) is 0 Å². The average Bonchev–Trinajstić information content (AvgIpc) is 3.33. The zero-order valence-electron chi connectivity index (χ0n) is 22.8. The minimum absolute atomic E-state index is 0.199. The Balaban J connectivity index is 1.57. The second-order valence-corrected chi connectivity index (χ2v) is 10.5. The van der Waals surface area contributed by atoms with Gasteiger partial charge in [0, 0.05) is 30.8 Å². The summed E-state index contributed by atoms with van der Waals surface area (Å²) in [7, 11) is 1.54. The number of likely N-dealkylation sites (N-methyl/N-ethyl adjacent to an activating group) is 1. The van der Waals surface area contributed by atoms with Crippen LogP contribution in [0, 0.1) is 23.4 Å². The van der Waals surface area contributed by atoms with Crippen LogP contribution in [0.4, 0.5) is 13.2 Å². The number of nitrogens with one attached hydrogen (secondary N) is 2. The summed E-state index contributed by atoms with van der Waals surface area (Å²) in [5.41, 5.74) is 3.59. The standard InChI is InChI=1S/C33H29F3N2O3/c1-18(2)17-38-32(39)27-14-20(6-10-26(27)22-12-24(35)16-25(36)13-22)21-7-11-29-28(15-21)30(33(40)37-3)31(41-29)19-4-8-23(34)9-5-19/h4-16,18,30-31H,17H2,1-3H3,(H,37,40)(H,38,39). The van der Waals surface area contributed by atoms with Crippen LogP contribution in [-0.4, -0.2) is 25.4 Å². The summed E-state index contributed by atoms with van der Waals surface area (Å²) in [6.45, 7) is 4.36. The fourth-order valence-electron chi connectivity index (χ4n) is 5.06. The predicted molar refractivity (Wildman–Crippen MR) is 151 cm³/mol. The number of amides is 2. The zero-order chi connectivity index (χ0) is 29.3. The van der Waals surface area contributed by atoms with Gasteiger partial charge in [0.25, 0.3) is 5.91 Å². The van der Waals surface area contributed by atoms with Crippen molar-refractivity contribution in [3.63, 3.8) is 0 Å². The molecule has 0 saturated heterocycles. The average molecular weight is 559 g/mol. The second-order valence-electron chi connectivity index (χ2n) is 10.5. The molecule has 4 aromatic carbocycles. The topological polar surface area (TPSA) is 67.4 Å². The van der Waals surface area contributed by atoms with Crippen molar-refractivity contribution in [2.45, 2.75) is 25.9 Å². The minimum atomic E-state index is -0.743. The van der Waals surface area contributed by atoms with Crippen molar-refractivity contribution in [1.29, 1.82) is 0 Å². The van der Waals surface area contributed by atoms with Gasteiger partial charge in [-0.1, -0.05) is 44.2 Å². The number of benzene rings is 4. The molecular weight excluding hydrogens is 529 g/mol. The monoisotopic (exact) mass is 558 g/mol. The first kappa shape index (κ1) is 28.0. The van der Waals surface area contributed by atoms with Gasteiger partial charge in [-0.2, -0.15) is 0 Å². The number of carbonyl (C=O) groups excluding carboxylic acids is 2. The number of fused-ring (bicyclic) bond motifs is 1. The third-order valence-electron chi connectivity index (χ3n) is 7.07. The summed E-state index contributed by atoms with van der Waals surface area (Å²) in [5.74, 6) is -2.47. The molecule has 1 aliphatic rings. The lowest BCUT2D eigenvalue weighted by Gasteiger charge is -2.18. The molecule has 5 rings (SSSR count). The van der Waals surface area contributed by atoms with Gasteiger partial charge in [-0.05, 0) is 76.2 Å². The summed E-state index contributed by atoms with van der Waals surface area (Å²) in [6.07, 6.45) is -0.650. The molecule has 2 N–H and O–H groups in total. The molecule has 2 atom stereocenters. The molecule has 4 aromatic rings. The number of hydrogen-bond donors (Lipinski definition) is 2. The molecule has 0 aliphatic carbocycles. The van der Waals surface area contributed by atoms with E-state index in [-0.39, 0.29) is 34.7 Å². The molecule has 8 heteroatoms. The Hall–Kier alpha value is -4.59. The van der Waals surface area contributed by atoms with Crippen LogP contribution < -0.4 is 15.4 Å². The number of rotatable bonds is 7. The van der Waals surface area contributed by atoms with E-state index in [0.29, 0.717) is 34.5 Å². The number of halogens is 3. The van der Waals surface area contributed by atoms with E-state index >= 15 is 0 Å². The summed E-state index contributed by atoms with van der Waals surface area (Å²) in [5, 5.41) is 5.58. The first-order valence-corrected chi connectivity index (χ1v) is 13.3. The molecule has 0 bridgehead atoms. The Bertz CT molecular complexity index is 1600. The molecule has 0 saturated carbocycles. The molecule has 210 valence electrons. The van der Waals surface area contributed by atoms with Crippen LogP contribution in [0.15, 0.2) is 78.9 Å². The molecule has 1 aliphatic heterocycles. The smallest absolute Gasteiger partial charge is 0.251 e. The molecule has 0 radical (unpaired) electrons. The zero-order valence-corrected chi connectivity index (χ0v) is 22.8. The third kappa shape index (κ3) is 5.82. The van der Waals surface area contributed by atoms with Gasteiger partial charge in [0.1, 0.15) is 35.2 Å². The van der Waals surface area contributed by atoms with Gasteiger partial charge in [0.15, 0.2) is 0 Å². The maximum absolute atomic E-state index is 14.1. The van der Waals surface area contributed by atoms with Crippen LogP contribution in [0.5, 0.6) is 5.75 Å².